The molecule has 8 nitrogen and oxygen atoms in total. The van der Waals surface area contributed by atoms with E-state index in [1.807, 2.05) is 0 Å². The van der Waals surface area contributed by atoms with Crippen molar-refractivity contribution in [3.05, 3.63) is 23.9 Å². The molecule has 0 aromatic carbocycles. The van der Waals surface area contributed by atoms with E-state index in [0.717, 1.165) is 25.9 Å². The minimum absolute atomic E-state index is 0.0255. The predicted octanol–water partition coefficient (Wildman–Crippen LogP) is 1.23. The van der Waals surface area contributed by atoms with Crippen LogP contribution in [0.3, 0.4) is 0 Å². The lowest BCUT2D eigenvalue weighted by Crippen LogP contribution is -2.22. The van der Waals surface area contributed by atoms with Crippen molar-refractivity contribution in [3.63, 3.8) is 0 Å². The van der Waals surface area contributed by atoms with E-state index < -0.39 is 10.0 Å². The van der Waals surface area contributed by atoms with Gasteiger partial charge in [-0.1, -0.05) is 0 Å². The van der Waals surface area contributed by atoms with Crippen molar-refractivity contribution in [1.29, 1.82) is 0 Å². The Hall–Kier alpha value is -2.16. The number of anilines is 2. The third-order valence-electron chi connectivity index (χ3n) is 3.84. The molecule has 124 valence electrons. The predicted molar refractivity (Wildman–Crippen MR) is 87.0 cm³/mol. The van der Waals surface area contributed by atoms with E-state index in [9.17, 15) is 8.42 Å². The highest BCUT2D eigenvalue weighted by Crippen LogP contribution is 2.24. The van der Waals surface area contributed by atoms with Crippen LogP contribution in [0.5, 0.6) is 0 Å². The van der Waals surface area contributed by atoms with E-state index in [0.29, 0.717) is 23.0 Å². The van der Waals surface area contributed by atoms with Crippen LogP contribution in [-0.2, 0) is 17.1 Å². The van der Waals surface area contributed by atoms with Crippen molar-refractivity contribution in [1.82, 2.24) is 19.5 Å². The Morgan fingerprint density at radius 1 is 1.13 bits per heavy atom. The van der Waals surface area contributed by atoms with Crippen LogP contribution in [0.4, 0.5) is 11.6 Å². The Labute approximate surface area is 135 Å². The molecule has 1 fully saturated rings. The van der Waals surface area contributed by atoms with Crippen molar-refractivity contribution < 1.29 is 8.42 Å². The van der Waals surface area contributed by atoms with Gasteiger partial charge >= 0.3 is 0 Å². The first-order valence-electron chi connectivity index (χ1n) is 7.48. The van der Waals surface area contributed by atoms with Gasteiger partial charge in [-0.05, 0) is 26.7 Å². The van der Waals surface area contributed by atoms with Crippen molar-refractivity contribution in [2.24, 2.45) is 7.05 Å². The second-order valence-corrected chi connectivity index (χ2v) is 7.38. The van der Waals surface area contributed by atoms with Crippen LogP contribution in [0.25, 0.3) is 0 Å². The van der Waals surface area contributed by atoms with Gasteiger partial charge in [0.2, 0.25) is 5.95 Å². The van der Waals surface area contributed by atoms with E-state index in [4.69, 9.17) is 0 Å². The van der Waals surface area contributed by atoms with Crippen LogP contribution in [0, 0.1) is 13.8 Å². The summed E-state index contributed by atoms with van der Waals surface area (Å²) in [5.74, 6) is 0.665. The molecule has 1 saturated heterocycles. The molecule has 23 heavy (non-hydrogen) atoms. The zero-order valence-corrected chi connectivity index (χ0v) is 14.3. The van der Waals surface area contributed by atoms with Crippen molar-refractivity contribution in [2.75, 3.05) is 22.7 Å². The summed E-state index contributed by atoms with van der Waals surface area (Å²) in [6.07, 6.45) is 5.17. The highest BCUT2D eigenvalue weighted by Gasteiger charge is 2.22. The molecule has 1 aliphatic rings. The van der Waals surface area contributed by atoms with E-state index in [-0.39, 0.29) is 5.03 Å². The standard InChI is InChI=1S/C14H20N6O2S/c1-10-13(18-23(21,22)12-8-19(3)9-15-12)11(2)17-14(16-10)20-6-4-5-7-20/h8-9,18H,4-7H2,1-3H3. The Kier molecular flexibility index (Phi) is 3.97. The molecule has 0 aliphatic carbocycles. The quantitative estimate of drug-likeness (QED) is 0.902. The summed E-state index contributed by atoms with van der Waals surface area (Å²) >= 11 is 0. The Balaban J connectivity index is 1.91. The largest absolute Gasteiger partial charge is 0.341 e. The average Bonchev–Trinajstić information content (AvgIpc) is 3.14. The topological polar surface area (TPSA) is 93.0 Å². The summed E-state index contributed by atoms with van der Waals surface area (Å²) in [4.78, 5) is 14.9. The summed E-state index contributed by atoms with van der Waals surface area (Å²) in [5, 5.41) is -0.0255. The number of rotatable bonds is 4. The summed E-state index contributed by atoms with van der Waals surface area (Å²) < 4.78 is 29.0. The zero-order chi connectivity index (χ0) is 16.6. The maximum Gasteiger partial charge on any atom is 0.281 e. The molecule has 3 rings (SSSR count). The summed E-state index contributed by atoms with van der Waals surface area (Å²) in [6, 6.07) is 0. The first-order valence-corrected chi connectivity index (χ1v) is 8.96. The Morgan fingerprint density at radius 2 is 1.74 bits per heavy atom. The molecule has 0 saturated carbocycles. The molecule has 9 heteroatoms. The van der Waals surface area contributed by atoms with E-state index in [2.05, 4.69) is 24.6 Å². The maximum absolute atomic E-state index is 12.4. The van der Waals surface area contributed by atoms with Crippen molar-refractivity contribution >= 4 is 21.7 Å². The molecule has 1 N–H and O–H groups in total. The fraction of sp³-hybridized carbons (Fsp3) is 0.500. The van der Waals surface area contributed by atoms with Crippen LogP contribution in [0.2, 0.25) is 0 Å². The van der Waals surface area contributed by atoms with Crippen LogP contribution >= 0.6 is 0 Å². The Morgan fingerprint density at radius 3 is 2.26 bits per heavy atom. The minimum Gasteiger partial charge on any atom is -0.341 e. The lowest BCUT2D eigenvalue weighted by atomic mass is 10.3. The van der Waals surface area contributed by atoms with Gasteiger partial charge in [0, 0.05) is 26.3 Å². The first-order chi connectivity index (χ1) is 10.9. The van der Waals surface area contributed by atoms with E-state index in [1.165, 1.54) is 12.5 Å². The highest BCUT2D eigenvalue weighted by atomic mass is 32.2. The number of nitrogens with zero attached hydrogens (tertiary/aromatic N) is 5. The van der Waals surface area contributed by atoms with E-state index in [1.54, 1.807) is 25.5 Å². The van der Waals surface area contributed by atoms with Crippen molar-refractivity contribution in [3.8, 4) is 0 Å². The number of nitrogens with one attached hydrogen (secondary N) is 1. The molecule has 0 atom stereocenters. The number of hydrogen-bond acceptors (Lipinski definition) is 6. The molecule has 0 radical (unpaired) electrons. The molecule has 0 bridgehead atoms. The van der Waals surface area contributed by atoms with Crippen LogP contribution in [0.1, 0.15) is 24.2 Å². The van der Waals surface area contributed by atoms with Crippen LogP contribution in [0.15, 0.2) is 17.6 Å². The average molecular weight is 336 g/mol. The van der Waals surface area contributed by atoms with Gasteiger partial charge < -0.3 is 9.47 Å². The maximum atomic E-state index is 12.4. The number of sulfonamides is 1. The van der Waals surface area contributed by atoms with Gasteiger partial charge in [0.25, 0.3) is 10.0 Å². The second-order valence-electron chi connectivity index (χ2n) is 5.75. The number of imidazole rings is 1. The molecule has 0 unspecified atom stereocenters. The highest BCUT2D eigenvalue weighted by molar-refractivity contribution is 7.92. The normalized spacial score (nSPS) is 15.2. The molecular formula is C14H20N6O2S. The summed E-state index contributed by atoms with van der Waals surface area (Å²) in [5.41, 5.74) is 1.64. The smallest absolute Gasteiger partial charge is 0.281 e. The first kappa shape index (κ1) is 15.7. The van der Waals surface area contributed by atoms with Gasteiger partial charge in [-0.25, -0.2) is 15.0 Å². The fourth-order valence-corrected chi connectivity index (χ4v) is 3.78. The second kappa shape index (κ2) is 5.80. The monoisotopic (exact) mass is 336 g/mol. The van der Waals surface area contributed by atoms with Gasteiger partial charge in [-0.15, -0.1) is 0 Å². The molecular weight excluding hydrogens is 316 g/mol. The van der Waals surface area contributed by atoms with Gasteiger partial charge in [-0.2, -0.15) is 8.42 Å². The number of aromatic nitrogens is 4. The zero-order valence-electron chi connectivity index (χ0n) is 13.4. The third-order valence-corrected chi connectivity index (χ3v) is 5.08. The van der Waals surface area contributed by atoms with Crippen LogP contribution in [-0.4, -0.2) is 41.0 Å². The lowest BCUT2D eigenvalue weighted by Gasteiger charge is -2.18. The van der Waals surface area contributed by atoms with Crippen molar-refractivity contribution in [2.45, 2.75) is 31.7 Å². The molecule has 3 heterocycles. The fourth-order valence-electron chi connectivity index (χ4n) is 2.62. The molecule has 0 spiro atoms. The van der Waals surface area contributed by atoms with Gasteiger partial charge in [0.1, 0.15) is 0 Å². The Bertz CT molecular complexity index is 801. The summed E-state index contributed by atoms with van der Waals surface area (Å²) in [6.45, 7) is 5.45. The van der Waals surface area contributed by atoms with E-state index >= 15 is 0 Å². The number of aryl methyl sites for hydroxylation is 3. The van der Waals surface area contributed by atoms with Crippen LogP contribution < -0.4 is 9.62 Å². The number of hydrogen-bond donors (Lipinski definition) is 1. The summed E-state index contributed by atoms with van der Waals surface area (Å²) in [7, 11) is -2.03. The molecule has 0 amide bonds. The molecule has 2 aromatic rings. The van der Waals surface area contributed by atoms with Gasteiger partial charge in [-0.3, -0.25) is 4.72 Å². The molecule has 2 aromatic heterocycles. The van der Waals surface area contributed by atoms with Gasteiger partial charge in [0.15, 0.2) is 5.03 Å². The lowest BCUT2D eigenvalue weighted by molar-refractivity contribution is 0.598. The SMILES string of the molecule is Cc1nc(N2CCCC2)nc(C)c1NS(=O)(=O)c1cn(C)cn1. The third kappa shape index (κ3) is 3.14. The van der Waals surface area contributed by atoms with Gasteiger partial charge in [0.05, 0.1) is 23.4 Å². The molecule has 1 aliphatic heterocycles. The minimum atomic E-state index is -3.74.